The van der Waals surface area contributed by atoms with Gasteiger partial charge in [-0.05, 0) is 62.4 Å². The second-order valence-corrected chi connectivity index (χ2v) is 8.19. The van der Waals surface area contributed by atoms with E-state index in [1.165, 1.54) is 12.1 Å². The number of nitrogens with one attached hydrogen (secondary N) is 2. The van der Waals surface area contributed by atoms with Crippen molar-refractivity contribution in [1.29, 1.82) is 0 Å². The lowest BCUT2D eigenvalue weighted by atomic mass is 10.1. The number of hydrogen-bond donors (Lipinski definition) is 3. The summed E-state index contributed by atoms with van der Waals surface area (Å²) in [4.78, 5) is 12.0. The Balaban J connectivity index is 1.49. The highest BCUT2D eigenvalue weighted by Crippen LogP contribution is 2.31. The molecule has 3 aromatic heterocycles. The van der Waals surface area contributed by atoms with E-state index in [-0.39, 0.29) is 5.95 Å². The molecule has 7 nitrogen and oxygen atoms in total. The average Bonchev–Trinajstić information content (AvgIpc) is 3.36. The van der Waals surface area contributed by atoms with Crippen molar-refractivity contribution >= 4 is 28.3 Å². The van der Waals surface area contributed by atoms with Crippen LogP contribution in [0.5, 0.6) is 0 Å². The minimum Gasteiger partial charge on any atom is -0.383 e. The second kappa shape index (κ2) is 7.31. The van der Waals surface area contributed by atoms with Crippen LogP contribution in [0.1, 0.15) is 25.2 Å². The van der Waals surface area contributed by atoms with Gasteiger partial charge >= 0.3 is 6.18 Å². The third kappa shape index (κ3) is 4.00. The molecule has 33 heavy (non-hydrogen) atoms. The van der Waals surface area contributed by atoms with Crippen LogP contribution < -0.4 is 5.32 Å². The highest BCUT2D eigenvalue weighted by Gasteiger charge is 2.30. The van der Waals surface area contributed by atoms with Gasteiger partial charge in [0, 0.05) is 11.3 Å². The summed E-state index contributed by atoms with van der Waals surface area (Å²) < 4.78 is 40.0. The van der Waals surface area contributed by atoms with Crippen molar-refractivity contribution in [3.05, 3.63) is 72.1 Å². The van der Waals surface area contributed by atoms with Crippen molar-refractivity contribution in [1.82, 2.24) is 24.6 Å². The monoisotopic (exact) mass is 452 g/mol. The zero-order valence-electron chi connectivity index (χ0n) is 17.6. The van der Waals surface area contributed by atoms with Crippen LogP contribution in [0, 0.1) is 0 Å². The molecule has 0 atom stereocenters. The molecule has 10 heteroatoms. The zero-order chi connectivity index (χ0) is 23.4. The van der Waals surface area contributed by atoms with Gasteiger partial charge in [0.05, 0.1) is 22.3 Å². The van der Waals surface area contributed by atoms with Crippen LogP contribution in [-0.4, -0.2) is 29.7 Å². The summed E-state index contributed by atoms with van der Waals surface area (Å²) in [6, 6.07) is 15.9. The number of aliphatic hydroxyl groups is 1. The van der Waals surface area contributed by atoms with E-state index in [0.29, 0.717) is 17.2 Å². The number of rotatable bonds is 4. The molecule has 0 spiro atoms. The minimum absolute atomic E-state index is 0.258. The van der Waals surface area contributed by atoms with Crippen molar-refractivity contribution in [3.8, 4) is 11.3 Å². The van der Waals surface area contributed by atoms with Gasteiger partial charge in [-0.3, -0.25) is 0 Å². The number of imidazole rings is 1. The number of aromatic amines is 1. The van der Waals surface area contributed by atoms with Gasteiger partial charge in [0.25, 0.3) is 0 Å². The summed E-state index contributed by atoms with van der Waals surface area (Å²) >= 11 is 0. The van der Waals surface area contributed by atoms with E-state index in [9.17, 15) is 18.3 Å². The first kappa shape index (κ1) is 21.0. The van der Waals surface area contributed by atoms with Gasteiger partial charge in [-0.25, -0.2) is 9.50 Å². The van der Waals surface area contributed by atoms with Crippen LogP contribution in [0.2, 0.25) is 0 Å². The predicted octanol–water partition coefficient (Wildman–Crippen LogP) is 5.26. The number of nitrogens with zero attached hydrogens (tertiary/aromatic N) is 4. The van der Waals surface area contributed by atoms with E-state index in [1.807, 2.05) is 30.3 Å². The van der Waals surface area contributed by atoms with Crippen molar-refractivity contribution in [2.75, 3.05) is 5.32 Å². The maximum absolute atomic E-state index is 12.8. The molecule has 3 heterocycles. The SMILES string of the molecule is CC(C)(O)c1nc2ccc(-c3cccc4nc(Nc5ccc(C(F)(F)F)cc5)nn34)cc2[nH]1. The fraction of sp³-hybridized carbons (Fsp3) is 0.174. The van der Waals surface area contributed by atoms with Gasteiger partial charge < -0.3 is 15.4 Å². The summed E-state index contributed by atoms with van der Waals surface area (Å²) in [5, 5.41) is 17.7. The predicted molar refractivity (Wildman–Crippen MR) is 118 cm³/mol. The summed E-state index contributed by atoms with van der Waals surface area (Å²) in [6.07, 6.45) is -4.39. The molecule has 2 aromatic carbocycles. The van der Waals surface area contributed by atoms with Crippen molar-refractivity contribution in [2.24, 2.45) is 0 Å². The molecule has 0 radical (unpaired) electrons. The third-order valence-electron chi connectivity index (χ3n) is 5.19. The van der Waals surface area contributed by atoms with E-state index in [4.69, 9.17) is 0 Å². The molecule has 0 bridgehead atoms. The Bertz CT molecular complexity index is 1460. The van der Waals surface area contributed by atoms with Gasteiger partial charge in [-0.15, -0.1) is 5.10 Å². The van der Waals surface area contributed by atoms with Gasteiger partial charge in [-0.2, -0.15) is 18.2 Å². The molecule has 168 valence electrons. The van der Waals surface area contributed by atoms with E-state index in [1.54, 1.807) is 24.4 Å². The normalized spacial score (nSPS) is 12.5. The lowest BCUT2D eigenvalue weighted by Gasteiger charge is -2.12. The smallest absolute Gasteiger partial charge is 0.383 e. The Morgan fingerprint density at radius 3 is 2.42 bits per heavy atom. The Morgan fingerprint density at radius 1 is 0.970 bits per heavy atom. The molecule has 0 aliphatic carbocycles. The number of halogens is 3. The van der Waals surface area contributed by atoms with Crippen LogP contribution in [0.4, 0.5) is 24.8 Å². The maximum atomic E-state index is 12.8. The quantitative estimate of drug-likeness (QED) is 0.346. The fourth-order valence-electron chi connectivity index (χ4n) is 3.51. The first-order chi connectivity index (χ1) is 15.6. The highest BCUT2D eigenvalue weighted by atomic mass is 19.4. The van der Waals surface area contributed by atoms with E-state index < -0.39 is 17.3 Å². The molecule has 0 aliphatic heterocycles. The number of anilines is 2. The topological polar surface area (TPSA) is 91.1 Å². The lowest BCUT2D eigenvalue weighted by Crippen LogP contribution is -2.17. The number of hydrogen-bond acceptors (Lipinski definition) is 5. The number of benzene rings is 2. The first-order valence-corrected chi connectivity index (χ1v) is 10.1. The minimum atomic E-state index is -4.39. The second-order valence-electron chi connectivity index (χ2n) is 8.19. The summed E-state index contributed by atoms with van der Waals surface area (Å²) in [6.45, 7) is 3.32. The number of fused-ring (bicyclic) bond motifs is 2. The Kier molecular flexibility index (Phi) is 4.64. The Labute approximate surface area is 185 Å². The van der Waals surface area contributed by atoms with Gasteiger partial charge in [0.15, 0.2) is 5.65 Å². The molecular weight excluding hydrogens is 433 g/mol. The van der Waals surface area contributed by atoms with Crippen molar-refractivity contribution in [3.63, 3.8) is 0 Å². The molecule has 0 saturated carbocycles. The van der Waals surface area contributed by atoms with Crippen molar-refractivity contribution in [2.45, 2.75) is 25.6 Å². The zero-order valence-corrected chi connectivity index (χ0v) is 17.6. The molecule has 0 unspecified atom stereocenters. The first-order valence-electron chi connectivity index (χ1n) is 10.1. The number of H-pyrrole nitrogens is 1. The molecule has 0 saturated heterocycles. The van der Waals surface area contributed by atoms with Crippen molar-refractivity contribution < 1.29 is 18.3 Å². The lowest BCUT2D eigenvalue weighted by molar-refractivity contribution is -0.137. The van der Waals surface area contributed by atoms with Crippen LogP contribution >= 0.6 is 0 Å². The Hall–Kier alpha value is -3.92. The molecule has 3 N–H and O–H groups in total. The Morgan fingerprint density at radius 2 is 1.73 bits per heavy atom. The third-order valence-corrected chi connectivity index (χ3v) is 5.19. The molecule has 0 fully saturated rings. The molecule has 0 aliphatic rings. The summed E-state index contributed by atoms with van der Waals surface area (Å²) in [5.74, 6) is 0.728. The van der Waals surface area contributed by atoms with E-state index in [2.05, 4.69) is 25.4 Å². The van der Waals surface area contributed by atoms with E-state index in [0.717, 1.165) is 34.4 Å². The van der Waals surface area contributed by atoms with Crippen LogP contribution in [-0.2, 0) is 11.8 Å². The van der Waals surface area contributed by atoms with Gasteiger partial charge in [0.1, 0.15) is 11.4 Å². The summed E-state index contributed by atoms with van der Waals surface area (Å²) in [7, 11) is 0. The van der Waals surface area contributed by atoms with E-state index >= 15 is 0 Å². The molecule has 5 rings (SSSR count). The molecule has 5 aromatic rings. The number of aromatic nitrogens is 5. The van der Waals surface area contributed by atoms with Gasteiger partial charge in [0.2, 0.25) is 5.95 Å². The summed E-state index contributed by atoms with van der Waals surface area (Å²) in [5.41, 5.74) is 2.31. The average molecular weight is 452 g/mol. The number of alkyl halides is 3. The number of pyridine rings is 1. The standard InChI is InChI=1S/C23H19F3N6O/c1-22(2,33)20-28-16-11-6-13(12-17(16)29-20)18-4-3-5-19-30-21(31-32(18)19)27-15-9-7-14(8-10-15)23(24,25)26/h3-12,33H,1-2H3,(H,27,31)(H,28,29). The van der Waals surface area contributed by atoms with Crippen LogP contribution in [0.3, 0.4) is 0 Å². The molecular formula is C23H19F3N6O. The van der Waals surface area contributed by atoms with Gasteiger partial charge in [-0.1, -0.05) is 12.1 Å². The molecule has 0 amide bonds. The highest BCUT2D eigenvalue weighted by molar-refractivity contribution is 5.81. The van der Waals surface area contributed by atoms with Crippen LogP contribution in [0.25, 0.3) is 27.9 Å². The maximum Gasteiger partial charge on any atom is 0.416 e. The largest absolute Gasteiger partial charge is 0.416 e. The fourth-order valence-corrected chi connectivity index (χ4v) is 3.51. The van der Waals surface area contributed by atoms with Crippen LogP contribution in [0.15, 0.2) is 60.7 Å².